The van der Waals surface area contributed by atoms with Crippen LogP contribution in [0.1, 0.15) is 53.6 Å². The molecule has 1 aliphatic heterocycles. The molecule has 7 nitrogen and oxygen atoms in total. The van der Waals surface area contributed by atoms with Crippen molar-refractivity contribution in [1.82, 2.24) is 19.7 Å². The molecule has 1 amide bonds. The number of rotatable bonds is 9. The first-order valence-electron chi connectivity index (χ1n) is 14.6. The maximum Gasteiger partial charge on any atom is 0.258 e. The molecule has 3 fully saturated rings. The number of carbonyl (C=O) groups is 1. The molecule has 2 heterocycles. The van der Waals surface area contributed by atoms with E-state index in [1.165, 1.54) is 18.4 Å². The number of nitrogens with zero attached hydrogens (tertiary/aromatic N) is 3. The summed E-state index contributed by atoms with van der Waals surface area (Å²) in [6, 6.07) is 12.4. The van der Waals surface area contributed by atoms with Crippen molar-refractivity contribution in [2.24, 2.45) is 5.92 Å². The lowest BCUT2D eigenvalue weighted by molar-refractivity contribution is 0.0951. The zero-order chi connectivity index (χ0) is 26.9. The van der Waals surface area contributed by atoms with Crippen molar-refractivity contribution < 1.29 is 9.90 Å². The largest absolute Gasteiger partial charge is 0.395 e. The number of aryl methyl sites for hydroxylation is 1. The lowest BCUT2D eigenvalue weighted by Crippen LogP contribution is -2.32. The first-order valence-corrected chi connectivity index (χ1v) is 14.6. The molecule has 1 saturated heterocycles. The summed E-state index contributed by atoms with van der Waals surface area (Å²) in [4.78, 5) is 31.1. The maximum atomic E-state index is 13.5. The molecule has 3 aliphatic rings. The summed E-state index contributed by atoms with van der Waals surface area (Å²) in [7, 11) is 0. The average Bonchev–Trinajstić information content (AvgIpc) is 3.85. The number of hydrogen-bond acceptors (Lipinski definition) is 5. The van der Waals surface area contributed by atoms with Crippen molar-refractivity contribution in [3.8, 4) is 11.1 Å². The summed E-state index contributed by atoms with van der Waals surface area (Å²) >= 11 is 0. The molecule has 7 heteroatoms. The van der Waals surface area contributed by atoms with Gasteiger partial charge in [-0.25, -0.2) is 0 Å². The van der Waals surface area contributed by atoms with Crippen LogP contribution in [-0.4, -0.2) is 70.8 Å². The third-order valence-electron chi connectivity index (χ3n) is 8.53. The second-order valence-electron chi connectivity index (χ2n) is 11.8. The zero-order valence-electron chi connectivity index (χ0n) is 23.0. The normalized spacial score (nSPS) is 18.8. The molecule has 0 unspecified atom stereocenters. The van der Waals surface area contributed by atoms with E-state index < -0.39 is 0 Å². The van der Waals surface area contributed by atoms with Gasteiger partial charge < -0.3 is 15.0 Å². The summed E-state index contributed by atoms with van der Waals surface area (Å²) in [6.45, 7) is 8.49. The van der Waals surface area contributed by atoms with Gasteiger partial charge in [0.05, 0.1) is 6.61 Å². The summed E-state index contributed by atoms with van der Waals surface area (Å²) < 4.78 is 1.94. The van der Waals surface area contributed by atoms with E-state index in [9.17, 15) is 14.7 Å². The number of aromatic nitrogens is 1. The summed E-state index contributed by atoms with van der Waals surface area (Å²) in [5.74, 6) is 0.601. The number of nitrogens with one attached hydrogen (secondary N) is 1. The minimum Gasteiger partial charge on any atom is -0.395 e. The Hall–Kier alpha value is -3.00. The van der Waals surface area contributed by atoms with E-state index in [2.05, 4.69) is 34.3 Å². The third-order valence-corrected chi connectivity index (χ3v) is 8.53. The Morgan fingerprint density at radius 1 is 0.974 bits per heavy atom. The maximum absolute atomic E-state index is 13.5. The van der Waals surface area contributed by atoms with Gasteiger partial charge >= 0.3 is 0 Å². The van der Waals surface area contributed by atoms with Crippen LogP contribution in [0.25, 0.3) is 21.9 Å². The number of carbonyl (C=O) groups excluding carboxylic acids is 1. The highest BCUT2D eigenvalue weighted by Crippen LogP contribution is 2.32. The average molecular weight is 529 g/mol. The fourth-order valence-corrected chi connectivity index (χ4v) is 5.83. The van der Waals surface area contributed by atoms with Crippen LogP contribution in [-0.2, 0) is 13.1 Å². The van der Waals surface area contributed by atoms with Crippen LogP contribution >= 0.6 is 0 Å². The second-order valence-corrected chi connectivity index (χ2v) is 11.8. The standard InChI is InChI=1S/C32H40N4O3/c1-22-3-6-25(31(38)33-27-8-9-27)18-29(22)24-7-10-28-30(17-24)26(21-36(32(28)39)19-23-4-5-23)20-35-12-2-11-34(13-14-35)15-16-37/h3,6-7,10,17-18,21,23,27,37H,2,4-5,8-9,11-16,19-20H2,1H3,(H,33,38). The lowest BCUT2D eigenvalue weighted by Gasteiger charge is -2.23. The molecular weight excluding hydrogens is 488 g/mol. The number of aliphatic hydroxyl groups excluding tert-OH is 1. The van der Waals surface area contributed by atoms with Crippen LogP contribution in [0.15, 0.2) is 47.4 Å². The van der Waals surface area contributed by atoms with Gasteiger partial charge in [0.1, 0.15) is 0 Å². The zero-order valence-corrected chi connectivity index (χ0v) is 23.0. The number of hydrogen-bond donors (Lipinski definition) is 2. The van der Waals surface area contributed by atoms with Crippen molar-refractivity contribution in [3.05, 3.63) is 69.6 Å². The Morgan fingerprint density at radius 3 is 2.54 bits per heavy atom. The molecule has 2 saturated carbocycles. The van der Waals surface area contributed by atoms with Crippen molar-refractivity contribution in [3.63, 3.8) is 0 Å². The van der Waals surface area contributed by atoms with Gasteiger partial charge in [0.15, 0.2) is 0 Å². The molecule has 206 valence electrons. The molecule has 0 radical (unpaired) electrons. The van der Waals surface area contributed by atoms with Gasteiger partial charge in [0.2, 0.25) is 0 Å². The molecule has 1 aromatic heterocycles. The predicted molar refractivity (Wildman–Crippen MR) is 155 cm³/mol. The van der Waals surface area contributed by atoms with Crippen LogP contribution in [0.2, 0.25) is 0 Å². The number of aliphatic hydroxyl groups is 1. The fraction of sp³-hybridized carbons (Fsp3) is 0.500. The monoisotopic (exact) mass is 528 g/mol. The lowest BCUT2D eigenvalue weighted by atomic mass is 9.94. The van der Waals surface area contributed by atoms with Crippen LogP contribution < -0.4 is 10.9 Å². The molecule has 39 heavy (non-hydrogen) atoms. The Morgan fingerprint density at radius 2 is 1.77 bits per heavy atom. The van der Waals surface area contributed by atoms with Gasteiger partial charge in [-0.1, -0.05) is 12.1 Å². The Bertz CT molecular complexity index is 1420. The highest BCUT2D eigenvalue weighted by Gasteiger charge is 2.25. The van der Waals surface area contributed by atoms with E-state index in [1.54, 1.807) is 0 Å². The van der Waals surface area contributed by atoms with E-state index in [0.29, 0.717) is 17.5 Å². The number of β-amino-alcohol motifs (C(OH)–C–C–N with tert-alkyl or cyclic N) is 1. The molecule has 0 spiro atoms. The van der Waals surface area contributed by atoms with Gasteiger partial charge in [-0.2, -0.15) is 0 Å². The fourth-order valence-electron chi connectivity index (χ4n) is 5.83. The van der Waals surface area contributed by atoms with E-state index in [-0.39, 0.29) is 18.1 Å². The van der Waals surface area contributed by atoms with Crippen LogP contribution in [0.5, 0.6) is 0 Å². The molecule has 2 N–H and O–H groups in total. The number of pyridine rings is 1. The van der Waals surface area contributed by atoms with Crippen LogP contribution in [0, 0.1) is 12.8 Å². The third kappa shape index (κ3) is 6.11. The molecular formula is C32H40N4O3. The van der Waals surface area contributed by atoms with Gasteiger partial charge in [-0.15, -0.1) is 0 Å². The number of benzene rings is 2. The van der Waals surface area contributed by atoms with Gasteiger partial charge in [-0.3, -0.25) is 19.4 Å². The summed E-state index contributed by atoms with van der Waals surface area (Å²) in [6.07, 6.45) is 7.71. The first-order chi connectivity index (χ1) is 19.0. The van der Waals surface area contributed by atoms with Crippen molar-refractivity contribution in [1.29, 1.82) is 0 Å². The molecule has 3 aromatic rings. The number of amides is 1. The van der Waals surface area contributed by atoms with Crippen LogP contribution in [0.3, 0.4) is 0 Å². The number of fused-ring (bicyclic) bond motifs is 1. The van der Waals surface area contributed by atoms with Gasteiger partial charge in [-0.05, 0) is 110 Å². The highest BCUT2D eigenvalue weighted by molar-refractivity contribution is 5.97. The minimum atomic E-state index is -0.0143. The van der Waals surface area contributed by atoms with Crippen molar-refractivity contribution >= 4 is 16.7 Å². The van der Waals surface area contributed by atoms with E-state index in [1.807, 2.05) is 34.9 Å². The highest BCUT2D eigenvalue weighted by atomic mass is 16.3. The quantitative estimate of drug-likeness (QED) is 0.442. The van der Waals surface area contributed by atoms with E-state index in [0.717, 1.165) is 92.5 Å². The predicted octanol–water partition coefficient (Wildman–Crippen LogP) is 3.78. The molecule has 6 rings (SSSR count). The van der Waals surface area contributed by atoms with Gasteiger partial charge in [0.25, 0.3) is 11.5 Å². The summed E-state index contributed by atoms with van der Waals surface area (Å²) in [5, 5.41) is 14.3. The van der Waals surface area contributed by atoms with Crippen molar-refractivity contribution in [2.45, 2.75) is 58.2 Å². The molecule has 0 atom stereocenters. The van der Waals surface area contributed by atoms with E-state index in [4.69, 9.17) is 0 Å². The molecule has 2 aromatic carbocycles. The Balaban J connectivity index is 1.36. The van der Waals surface area contributed by atoms with Crippen molar-refractivity contribution in [2.75, 3.05) is 39.3 Å². The second kappa shape index (κ2) is 11.2. The van der Waals surface area contributed by atoms with Crippen LogP contribution in [0.4, 0.5) is 0 Å². The minimum absolute atomic E-state index is 0.0143. The Labute approximate surface area is 230 Å². The first kappa shape index (κ1) is 26.2. The summed E-state index contributed by atoms with van der Waals surface area (Å²) in [5.41, 5.74) is 5.13. The SMILES string of the molecule is Cc1ccc(C(=O)NC2CC2)cc1-c1ccc2c(=O)n(CC3CC3)cc(CN3CCCN(CCO)CC3)c2c1. The smallest absolute Gasteiger partial charge is 0.258 e. The molecule has 0 bridgehead atoms. The van der Waals surface area contributed by atoms with E-state index >= 15 is 0 Å². The Kier molecular flexibility index (Phi) is 7.56. The topological polar surface area (TPSA) is 77.8 Å². The van der Waals surface area contributed by atoms with Gasteiger partial charge in [0, 0.05) is 55.9 Å². The molecule has 2 aliphatic carbocycles.